The molecule has 41 heavy (non-hydrogen) atoms. The van der Waals surface area contributed by atoms with Crippen LogP contribution in [-0.4, -0.2) is 84.0 Å². The summed E-state index contributed by atoms with van der Waals surface area (Å²) < 4.78 is 11.0. The summed E-state index contributed by atoms with van der Waals surface area (Å²) in [6, 6.07) is 9.78. The molecule has 2 aliphatic rings. The van der Waals surface area contributed by atoms with Crippen LogP contribution in [0.4, 0.5) is 0 Å². The van der Waals surface area contributed by atoms with Crippen LogP contribution in [0.2, 0.25) is 0 Å². The van der Waals surface area contributed by atoms with Gasteiger partial charge < -0.3 is 19.7 Å². The molecule has 2 aromatic heterocycles. The molecule has 0 aliphatic carbocycles. The number of carbonyl (C=O) groups is 1. The third-order valence-corrected chi connectivity index (χ3v) is 9.24. The van der Waals surface area contributed by atoms with Crippen LogP contribution in [0.25, 0.3) is 10.9 Å². The first-order valence-corrected chi connectivity index (χ1v) is 15.2. The maximum atomic E-state index is 12.0. The molecule has 2 aliphatic heterocycles. The molecule has 0 unspecified atom stereocenters. The summed E-state index contributed by atoms with van der Waals surface area (Å²) in [7, 11) is 1.64. The summed E-state index contributed by atoms with van der Waals surface area (Å²) in [6.45, 7) is 6.03. The van der Waals surface area contributed by atoms with Crippen LogP contribution in [0.3, 0.4) is 0 Å². The summed E-state index contributed by atoms with van der Waals surface area (Å²) in [4.78, 5) is 22.3. The lowest BCUT2D eigenvalue weighted by Crippen LogP contribution is -2.41. The van der Waals surface area contributed by atoms with Crippen molar-refractivity contribution in [2.24, 2.45) is 5.41 Å². The smallest absolute Gasteiger partial charge is 0.303 e. The van der Waals surface area contributed by atoms with Gasteiger partial charge in [-0.15, -0.1) is 11.3 Å². The number of hydrogen-bond acceptors (Lipinski definition) is 8. The Labute approximate surface area is 245 Å². The van der Waals surface area contributed by atoms with Crippen molar-refractivity contribution < 1.29 is 24.5 Å². The molecule has 0 radical (unpaired) electrons. The maximum Gasteiger partial charge on any atom is 0.303 e. The molecule has 2 fully saturated rings. The van der Waals surface area contributed by atoms with Crippen LogP contribution in [-0.2, 0) is 16.1 Å². The van der Waals surface area contributed by atoms with E-state index in [-0.39, 0.29) is 11.8 Å². The van der Waals surface area contributed by atoms with Crippen molar-refractivity contribution in [1.82, 2.24) is 14.8 Å². The molecular formula is C32H39N3O5S. The third kappa shape index (κ3) is 7.64. The van der Waals surface area contributed by atoms with Gasteiger partial charge in [-0.05, 0) is 85.0 Å². The average molecular weight is 578 g/mol. The monoisotopic (exact) mass is 577 g/mol. The van der Waals surface area contributed by atoms with Gasteiger partial charge in [0.1, 0.15) is 5.75 Å². The number of ether oxygens (including phenoxy) is 2. The first-order chi connectivity index (χ1) is 19.9. The zero-order valence-electron chi connectivity index (χ0n) is 23.7. The lowest BCUT2D eigenvalue weighted by Gasteiger charge is -2.41. The lowest BCUT2D eigenvalue weighted by molar-refractivity contribution is -0.141. The molecule has 218 valence electrons. The lowest BCUT2D eigenvalue weighted by atomic mass is 9.71. The van der Waals surface area contributed by atoms with E-state index in [4.69, 9.17) is 14.5 Å². The number of carboxylic acids is 1. The number of aliphatic carboxylic acids is 1. The fourth-order valence-corrected chi connectivity index (χ4v) is 6.67. The number of aromatic nitrogens is 1. The van der Waals surface area contributed by atoms with E-state index < -0.39 is 12.1 Å². The maximum absolute atomic E-state index is 12.0. The Balaban J connectivity index is 1.32. The fraction of sp³-hybridized carbons (Fsp3) is 0.500. The second-order valence-electron chi connectivity index (χ2n) is 11.1. The van der Waals surface area contributed by atoms with E-state index in [2.05, 4.69) is 21.6 Å². The molecule has 3 aromatic rings. The Morgan fingerprint density at radius 1 is 1.20 bits per heavy atom. The topological polar surface area (TPSA) is 95.4 Å². The van der Waals surface area contributed by atoms with E-state index in [1.807, 2.05) is 41.9 Å². The highest BCUT2D eigenvalue weighted by Gasteiger charge is 2.37. The van der Waals surface area contributed by atoms with Crippen LogP contribution in [0.5, 0.6) is 5.75 Å². The predicted molar refractivity (Wildman–Crippen MR) is 160 cm³/mol. The van der Waals surface area contributed by atoms with Gasteiger partial charge in [-0.1, -0.05) is 17.9 Å². The Morgan fingerprint density at radius 3 is 2.71 bits per heavy atom. The molecule has 0 saturated carbocycles. The van der Waals surface area contributed by atoms with Crippen LogP contribution < -0.4 is 4.74 Å². The number of hydrogen-bond donors (Lipinski definition) is 2. The zero-order chi connectivity index (χ0) is 28.7. The Kier molecular flexibility index (Phi) is 9.91. The highest BCUT2D eigenvalue weighted by Crippen LogP contribution is 2.42. The van der Waals surface area contributed by atoms with Crippen molar-refractivity contribution in [3.63, 3.8) is 0 Å². The second-order valence-corrected chi connectivity index (χ2v) is 12.1. The Hall–Kier alpha value is -3.00. The fourth-order valence-electron chi connectivity index (χ4n) is 6.08. The van der Waals surface area contributed by atoms with Gasteiger partial charge in [-0.25, -0.2) is 0 Å². The average Bonchev–Trinajstić information content (AvgIpc) is 3.50. The SMILES string of the molecule is COc1ccc2ncc(CN3CCOCC3)c([C@@H](O)CCC3(CC(=O)O)CCN(CC#Cc4cccs4)CC3)c2c1. The Morgan fingerprint density at radius 2 is 2.00 bits per heavy atom. The number of aliphatic hydroxyl groups is 1. The molecule has 0 amide bonds. The summed E-state index contributed by atoms with van der Waals surface area (Å²) in [5, 5.41) is 24.5. The second kappa shape index (κ2) is 13.8. The number of rotatable bonds is 10. The molecule has 1 atom stereocenters. The van der Waals surface area contributed by atoms with Crippen molar-refractivity contribution in [2.75, 3.05) is 53.0 Å². The largest absolute Gasteiger partial charge is 0.497 e. The van der Waals surface area contributed by atoms with E-state index in [9.17, 15) is 15.0 Å². The number of benzene rings is 1. The number of carboxylic acid groups (broad SMARTS) is 1. The minimum atomic E-state index is -0.780. The predicted octanol–water partition coefficient (Wildman–Crippen LogP) is 4.56. The van der Waals surface area contributed by atoms with Crippen molar-refractivity contribution in [3.8, 4) is 17.6 Å². The number of thiophene rings is 1. The molecule has 5 rings (SSSR count). The van der Waals surface area contributed by atoms with E-state index in [0.717, 1.165) is 65.9 Å². The van der Waals surface area contributed by atoms with Crippen molar-refractivity contribution >= 4 is 28.2 Å². The number of aliphatic hydroxyl groups excluding tert-OH is 1. The molecule has 1 aromatic carbocycles. The number of pyridine rings is 1. The number of fused-ring (bicyclic) bond motifs is 1. The van der Waals surface area contributed by atoms with Crippen LogP contribution in [0, 0.1) is 17.3 Å². The summed E-state index contributed by atoms with van der Waals surface area (Å²) in [5.41, 5.74) is 2.32. The van der Waals surface area contributed by atoms with E-state index >= 15 is 0 Å². The molecule has 0 bridgehead atoms. The van der Waals surface area contributed by atoms with Gasteiger partial charge in [-0.2, -0.15) is 0 Å². The van der Waals surface area contributed by atoms with Gasteiger partial charge in [0.15, 0.2) is 0 Å². The van der Waals surface area contributed by atoms with Gasteiger partial charge in [0.2, 0.25) is 0 Å². The standard InChI is InChI=1S/C32H39N3O5S/c1-39-25-6-7-28-27(20-25)31(24(22-33-28)23-35-15-17-40-18-16-35)29(36)8-9-32(21-30(37)38)10-13-34(14-11-32)12-2-4-26-5-3-19-41-26/h3,5-7,19-20,22,29,36H,8-18,21,23H2,1H3,(H,37,38)/t29-/m0/s1. The number of morpholine rings is 1. The Bertz CT molecular complexity index is 1370. The minimum absolute atomic E-state index is 0.111. The molecule has 0 spiro atoms. The van der Waals surface area contributed by atoms with E-state index in [0.29, 0.717) is 44.9 Å². The number of piperidine rings is 1. The van der Waals surface area contributed by atoms with Crippen molar-refractivity contribution in [3.05, 3.63) is 57.9 Å². The van der Waals surface area contributed by atoms with Gasteiger partial charge in [-0.3, -0.25) is 19.6 Å². The summed E-state index contributed by atoms with van der Waals surface area (Å²) in [5.74, 6) is 6.42. The molecule has 4 heterocycles. The molecular weight excluding hydrogens is 538 g/mol. The van der Waals surface area contributed by atoms with Crippen LogP contribution in [0.1, 0.15) is 54.2 Å². The van der Waals surface area contributed by atoms with Gasteiger partial charge >= 0.3 is 5.97 Å². The van der Waals surface area contributed by atoms with E-state index in [1.54, 1.807) is 18.4 Å². The zero-order valence-corrected chi connectivity index (χ0v) is 24.5. The number of likely N-dealkylation sites (tertiary alicyclic amines) is 1. The highest BCUT2D eigenvalue weighted by molar-refractivity contribution is 7.10. The summed E-state index contributed by atoms with van der Waals surface area (Å²) in [6.07, 6.45) is 3.92. The normalized spacial score (nSPS) is 18.5. The van der Waals surface area contributed by atoms with Crippen molar-refractivity contribution in [2.45, 2.75) is 44.8 Å². The number of nitrogens with zero attached hydrogens (tertiary/aromatic N) is 3. The highest BCUT2D eigenvalue weighted by atomic mass is 32.1. The number of methoxy groups -OCH3 is 1. The van der Waals surface area contributed by atoms with Crippen LogP contribution >= 0.6 is 11.3 Å². The van der Waals surface area contributed by atoms with Gasteiger partial charge in [0.25, 0.3) is 0 Å². The molecule has 9 heteroatoms. The van der Waals surface area contributed by atoms with Crippen molar-refractivity contribution in [1.29, 1.82) is 0 Å². The van der Waals surface area contributed by atoms with Gasteiger partial charge in [0.05, 0.1) is 49.8 Å². The quantitative estimate of drug-likeness (QED) is 0.339. The molecule has 2 N–H and O–H groups in total. The molecule has 8 nitrogen and oxygen atoms in total. The molecule has 2 saturated heterocycles. The van der Waals surface area contributed by atoms with Crippen LogP contribution in [0.15, 0.2) is 41.9 Å². The third-order valence-electron chi connectivity index (χ3n) is 8.46. The first-order valence-electron chi connectivity index (χ1n) is 14.3. The van der Waals surface area contributed by atoms with E-state index in [1.165, 1.54) is 0 Å². The summed E-state index contributed by atoms with van der Waals surface area (Å²) >= 11 is 1.64. The first kappa shape index (κ1) is 29.5. The minimum Gasteiger partial charge on any atom is -0.497 e. The van der Waals surface area contributed by atoms with Gasteiger partial charge in [0, 0.05) is 31.2 Å².